The summed E-state index contributed by atoms with van der Waals surface area (Å²) in [5.41, 5.74) is 0.637. The lowest BCUT2D eigenvalue weighted by atomic mass is 10.1. The highest BCUT2D eigenvalue weighted by Gasteiger charge is 2.61. The Morgan fingerprint density at radius 1 is 1.34 bits per heavy atom. The molecule has 2 aromatic heterocycles. The van der Waals surface area contributed by atoms with Crippen molar-refractivity contribution in [2.24, 2.45) is 13.0 Å². The van der Waals surface area contributed by atoms with E-state index in [1.54, 1.807) is 23.3 Å². The summed E-state index contributed by atoms with van der Waals surface area (Å²) < 4.78 is 20.7. The molecule has 0 radical (unpaired) electrons. The van der Waals surface area contributed by atoms with E-state index in [0.29, 0.717) is 36.2 Å². The van der Waals surface area contributed by atoms with E-state index >= 15 is 0 Å². The number of aryl methyl sites for hydroxylation is 1. The highest BCUT2D eigenvalue weighted by Crippen LogP contribution is 2.55. The van der Waals surface area contributed by atoms with Crippen molar-refractivity contribution in [3.63, 3.8) is 0 Å². The zero-order valence-corrected chi connectivity index (χ0v) is 17.8. The SMILES string of the molecule is CO[C@@H]1C[C@@H]([C@H](C)Oc2nc(Cl)nc3c2n(C)c(=O)n3[C@@]23COC[C@@H]2C3)N(C)C1. The number of hydrogen-bond acceptors (Lipinski definition) is 7. The molecule has 0 N–H and O–H groups in total. The molecule has 3 aliphatic rings. The number of fused-ring (bicyclic) bond motifs is 2. The van der Waals surface area contributed by atoms with Gasteiger partial charge >= 0.3 is 5.69 Å². The van der Waals surface area contributed by atoms with Gasteiger partial charge in [-0.3, -0.25) is 14.0 Å². The first-order chi connectivity index (χ1) is 13.9. The fourth-order valence-electron chi connectivity index (χ4n) is 5.10. The van der Waals surface area contributed by atoms with Crippen molar-refractivity contribution in [2.75, 3.05) is 33.9 Å². The van der Waals surface area contributed by atoms with Crippen LogP contribution >= 0.6 is 11.6 Å². The summed E-state index contributed by atoms with van der Waals surface area (Å²) in [6.07, 6.45) is 1.82. The van der Waals surface area contributed by atoms with Gasteiger partial charge in [0.1, 0.15) is 6.10 Å². The number of nitrogens with zero attached hydrogens (tertiary/aromatic N) is 5. The first-order valence-corrected chi connectivity index (χ1v) is 10.4. The van der Waals surface area contributed by atoms with Gasteiger partial charge in [-0.15, -0.1) is 0 Å². The van der Waals surface area contributed by atoms with Gasteiger partial charge in [-0.05, 0) is 38.4 Å². The molecule has 0 spiro atoms. The van der Waals surface area contributed by atoms with Gasteiger partial charge < -0.3 is 14.2 Å². The van der Waals surface area contributed by atoms with Crippen molar-refractivity contribution in [3.05, 3.63) is 15.8 Å². The molecular formula is C19H26ClN5O4. The van der Waals surface area contributed by atoms with E-state index in [1.165, 1.54) is 0 Å². The molecule has 29 heavy (non-hydrogen) atoms. The third-order valence-corrected chi connectivity index (χ3v) is 7.05. The minimum absolute atomic E-state index is 0.0705. The molecule has 0 amide bonds. The van der Waals surface area contributed by atoms with Gasteiger partial charge in [0.05, 0.1) is 24.9 Å². The predicted molar refractivity (Wildman–Crippen MR) is 107 cm³/mol. The highest BCUT2D eigenvalue weighted by molar-refractivity contribution is 6.28. The van der Waals surface area contributed by atoms with Crippen LogP contribution in [-0.2, 0) is 22.1 Å². The summed E-state index contributed by atoms with van der Waals surface area (Å²) in [5.74, 6) is 0.689. The van der Waals surface area contributed by atoms with Crippen LogP contribution in [0.1, 0.15) is 19.8 Å². The third-order valence-electron chi connectivity index (χ3n) is 6.88. The predicted octanol–water partition coefficient (Wildman–Crippen LogP) is 1.02. The molecule has 1 aliphatic carbocycles. The zero-order chi connectivity index (χ0) is 20.5. The number of aromatic nitrogens is 4. The number of ether oxygens (including phenoxy) is 3. The number of imidazole rings is 1. The Bertz CT molecular complexity index is 1020. The summed E-state index contributed by atoms with van der Waals surface area (Å²) in [6, 6.07) is 0.178. The van der Waals surface area contributed by atoms with Gasteiger partial charge in [0.15, 0.2) is 11.2 Å². The van der Waals surface area contributed by atoms with Crippen LogP contribution in [0.25, 0.3) is 11.2 Å². The molecule has 3 fully saturated rings. The summed E-state index contributed by atoms with van der Waals surface area (Å²) in [7, 11) is 5.52. The van der Waals surface area contributed by atoms with Gasteiger partial charge in [0, 0.05) is 32.7 Å². The Morgan fingerprint density at radius 3 is 2.76 bits per heavy atom. The Labute approximate surface area is 173 Å². The Morgan fingerprint density at radius 2 is 2.14 bits per heavy atom. The molecule has 2 aromatic rings. The number of halogens is 1. The lowest BCUT2D eigenvalue weighted by Crippen LogP contribution is -2.38. The topological polar surface area (TPSA) is 83.6 Å². The van der Waals surface area contributed by atoms with Crippen LogP contribution in [0.4, 0.5) is 0 Å². The van der Waals surface area contributed by atoms with Crippen molar-refractivity contribution >= 4 is 22.8 Å². The second-order valence-corrected chi connectivity index (χ2v) is 8.93. The molecule has 1 saturated carbocycles. The number of hydrogen-bond donors (Lipinski definition) is 0. The molecule has 10 heteroatoms. The first kappa shape index (κ1) is 19.3. The lowest BCUT2D eigenvalue weighted by Gasteiger charge is -2.26. The second-order valence-electron chi connectivity index (χ2n) is 8.59. The maximum absolute atomic E-state index is 13.1. The largest absolute Gasteiger partial charge is 0.471 e. The zero-order valence-electron chi connectivity index (χ0n) is 17.1. The third kappa shape index (κ3) is 2.82. The van der Waals surface area contributed by atoms with E-state index in [9.17, 15) is 4.79 Å². The van der Waals surface area contributed by atoms with Crippen molar-refractivity contribution in [1.29, 1.82) is 0 Å². The molecule has 0 aromatic carbocycles. The van der Waals surface area contributed by atoms with Crippen LogP contribution in [0.2, 0.25) is 5.28 Å². The number of likely N-dealkylation sites (tertiary alicyclic amines) is 1. The molecule has 0 bridgehead atoms. The molecule has 5 atom stereocenters. The molecule has 5 rings (SSSR count). The molecule has 4 heterocycles. The number of likely N-dealkylation sites (N-methyl/N-ethyl adjacent to an activating group) is 1. The van der Waals surface area contributed by atoms with Crippen LogP contribution in [-0.4, -0.2) is 76.2 Å². The molecule has 0 unspecified atom stereocenters. The fourth-order valence-corrected chi connectivity index (χ4v) is 5.25. The average molecular weight is 424 g/mol. The minimum Gasteiger partial charge on any atom is -0.471 e. The van der Waals surface area contributed by atoms with E-state index in [1.807, 2.05) is 6.92 Å². The second kappa shape index (κ2) is 6.66. The Hall–Kier alpha value is -1.68. The van der Waals surface area contributed by atoms with Crippen molar-refractivity contribution in [3.8, 4) is 5.88 Å². The summed E-state index contributed by atoms with van der Waals surface area (Å²) in [5, 5.41) is 0.0705. The smallest absolute Gasteiger partial charge is 0.330 e. The van der Waals surface area contributed by atoms with Crippen LogP contribution in [0, 0.1) is 5.92 Å². The first-order valence-electron chi connectivity index (χ1n) is 9.98. The Balaban J connectivity index is 1.54. The average Bonchev–Trinajstić information content (AvgIpc) is 2.95. The number of methoxy groups -OCH3 is 1. The summed E-state index contributed by atoms with van der Waals surface area (Å²) in [6.45, 7) is 4.07. The van der Waals surface area contributed by atoms with E-state index in [-0.39, 0.29) is 34.8 Å². The van der Waals surface area contributed by atoms with E-state index < -0.39 is 0 Å². The monoisotopic (exact) mass is 423 g/mol. The van der Waals surface area contributed by atoms with Gasteiger partial charge in [-0.1, -0.05) is 0 Å². The van der Waals surface area contributed by atoms with Crippen LogP contribution in [0.15, 0.2) is 4.79 Å². The van der Waals surface area contributed by atoms with Crippen molar-refractivity contribution < 1.29 is 14.2 Å². The van der Waals surface area contributed by atoms with E-state index in [0.717, 1.165) is 19.4 Å². The normalized spacial score (nSPS) is 32.7. The highest BCUT2D eigenvalue weighted by atomic mass is 35.5. The quantitative estimate of drug-likeness (QED) is 0.664. The standard InChI is InChI=1S/C19H26ClN5O4/c1-10(13-5-12(27-4)7-23(13)2)29-16-14-15(21-17(20)22-16)25(18(26)24(14)3)19-6-11(19)8-28-9-19/h10-13H,5-9H2,1-4H3/t10-,11-,12+,13-,19-/m0/s1. The summed E-state index contributed by atoms with van der Waals surface area (Å²) >= 11 is 6.25. The maximum Gasteiger partial charge on any atom is 0.330 e. The van der Waals surface area contributed by atoms with Crippen molar-refractivity contribution in [2.45, 2.75) is 43.6 Å². The maximum atomic E-state index is 13.1. The molecule has 2 aliphatic heterocycles. The number of rotatable bonds is 5. The van der Waals surface area contributed by atoms with Crippen LogP contribution in [0.5, 0.6) is 5.88 Å². The van der Waals surface area contributed by atoms with Gasteiger partial charge in [0.2, 0.25) is 11.2 Å². The molecule has 158 valence electrons. The molecule has 9 nitrogen and oxygen atoms in total. The molecule has 2 saturated heterocycles. The fraction of sp³-hybridized carbons (Fsp3) is 0.737. The Kier molecular flexibility index (Phi) is 4.43. The molecular weight excluding hydrogens is 398 g/mol. The van der Waals surface area contributed by atoms with Gasteiger partial charge in [-0.25, -0.2) is 4.79 Å². The van der Waals surface area contributed by atoms with E-state index in [4.69, 9.17) is 25.8 Å². The van der Waals surface area contributed by atoms with Crippen molar-refractivity contribution in [1.82, 2.24) is 24.0 Å². The van der Waals surface area contributed by atoms with Crippen LogP contribution < -0.4 is 10.4 Å². The van der Waals surface area contributed by atoms with Crippen LogP contribution in [0.3, 0.4) is 0 Å². The van der Waals surface area contributed by atoms with Gasteiger partial charge in [0.25, 0.3) is 0 Å². The van der Waals surface area contributed by atoms with E-state index in [2.05, 4.69) is 21.9 Å². The lowest BCUT2D eigenvalue weighted by molar-refractivity contribution is 0.108. The van der Waals surface area contributed by atoms with Gasteiger partial charge in [-0.2, -0.15) is 9.97 Å². The summed E-state index contributed by atoms with van der Waals surface area (Å²) in [4.78, 5) is 24.1. The minimum atomic E-state index is -0.311.